The average molecular weight is 559 g/mol. The summed E-state index contributed by atoms with van der Waals surface area (Å²) >= 11 is 0. The Hall–Kier alpha value is -3.75. The Morgan fingerprint density at radius 2 is 1.68 bits per heavy atom. The second-order valence-corrected chi connectivity index (χ2v) is 9.84. The van der Waals surface area contributed by atoms with Crippen molar-refractivity contribution < 1.29 is 28.9 Å². The molecule has 0 amide bonds. The van der Waals surface area contributed by atoms with Gasteiger partial charge in [0.15, 0.2) is 29.1 Å². The smallest absolute Gasteiger partial charge is 0.294 e. The molecule has 2 N–H and O–H groups in total. The van der Waals surface area contributed by atoms with Gasteiger partial charge in [0.25, 0.3) is 5.09 Å². The van der Waals surface area contributed by atoms with Crippen LogP contribution in [0.25, 0.3) is 0 Å². The van der Waals surface area contributed by atoms with E-state index in [0.717, 1.165) is 17.5 Å². The number of rotatable bonds is 17. The lowest BCUT2D eigenvalue weighted by atomic mass is 9.66. The molecule has 0 saturated carbocycles. The number of hydrogen-bond acceptors (Lipinski definition) is 10. The van der Waals surface area contributed by atoms with Crippen LogP contribution in [0, 0.1) is 27.4 Å². The van der Waals surface area contributed by atoms with E-state index in [0.29, 0.717) is 36.0 Å². The van der Waals surface area contributed by atoms with E-state index in [9.17, 15) is 15.4 Å². The van der Waals surface area contributed by atoms with Crippen LogP contribution in [0.1, 0.15) is 38.3 Å². The molecule has 2 rings (SSSR count). The number of methoxy groups -OCH3 is 3. The van der Waals surface area contributed by atoms with E-state index in [1.807, 2.05) is 37.4 Å². The van der Waals surface area contributed by atoms with Crippen LogP contribution < -0.4 is 24.7 Å². The lowest BCUT2D eigenvalue weighted by molar-refractivity contribution is -0.768. The zero-order valence-electron chi connectivity index (χ0n) is 24.5. The molecule has 220 valence electrons. The first-order chi connectivity index (χ1) is 19.1. The molecule has 11 nitrogen and oxygen atoms in total. The van der Waals surface area contributed by atoms with E-state index in [2.05, 4.69) is 36.6 Å². The molecule has 0 aromatic heterocycles. The van der Waals surface area contributed by atoms with Crippen LogP contribution in [0.5, 0.6) is 23.0 Å². The van der Waals surface area contributed by atoms with Crippen LogP contribution in [0.15, 0.2) is 36.4 Å². The summed E-state index contributed by atoms with van der Waals surface area (Å²) in [6.07, 6.45) is 0.529. The van der Waals surface area contributed by atoms with Gasteiger partial charge < -0.3 is 34.4 Å². The van der Waals surface area contributed by atoms with Gasteiger partial charge in [0, 0.05) is 19.1 Å². The number of nitriles is 1. The highest BCUT2D eigenvalue weighted by Gasteiger charge is 2.45. The molecular formula is C29H42N4O7. The molecule has 11 heteroatoms. The molecule has 40 heavy (non-hydrogen) atoms. The quantitative estimate of drug-likeness (QED) is 0.224. The third-order valence-corrected chi connectivity index (χ3v) is 7.31. The van der Waals surface area contributed by atoms with Gasteiger partial charge in [-0.15, -0.1) is 10.1 Å². The van der Waals surface area contributed by atoms with Crippen LogP contribution in [-0.2, 0) is 16.7 Å². The molecule has 0 fully saturated rings. The molecule has 0 aliphatic carbocycles. The second kappa shape index (κ2) is 15.1. The van der Waals surface area contributed by atoms with Crippen molar-refractivity contribution in [3.05, 3.63) is 57.6 Å². The molecule has 0 spiro atoms. The third kappa shape index (κ3) is 7.46. The highest BCUT2D eigenvalue weighted by molar-refractivity contribution is 5.48. The first-order valence-corrected chi connectivity index (χ1v) is 13.3. The monoisotopic (exact) mass is 558 g/mol. The lowest BCUT2D eigenvalue weighted by Crippen LogP contribution is -2.51. The molecule has 2 aromatic rings. The van der Waals surface area contributed by atoms with E-state index in [4.69, 9.17) is 24.7 Å². The number of nitrogens with zero attached hydrogens (tertiary/aromatic N) is 3. The first-order valence-electron chi connectivity index (χ1n) is 13.3. The Morgan fingerprint density at radius 1 is 1.05 bits per heavy atom. The largest absolute Gasteiger partial charge is 0.493 e. The Bertz CT molecular complexity index is 1150. The summed E-state index contributed by atoms with van der Waals surface area (Å²) in [4.78, 5) is 17.5. The highest BCUT2D eigenvalue weighted by Crippen LogP contribution is 2.42. The van der Waals surface area contributed by atoms with E-state index < -0.39 is 16.6 Å². The summed E-state index contributed by atoms with van der Waals surface area (Å²) in [5.74, 6) is 2.16. The maximum atomic E-state index is 10.7. The van der Waals surface area contributed by atoms with Crippen molar-refractivity contribution in [3.8, 4) is 29.1 Å². The Labute approximate surface area is 236 Å². The Balaban J connectivity index is 2.30. The Morgan fingerprint density at radius 3 is 2.20 bits per heavy atom. The minimum absolute atomic E-state index is 0.0147. The zero-order valence-corrected chi connectivity index (χ0v) is 24.5. The van der Waals surface area contributed by atoms with Crippen molar-refractivity contribution in [2.45, 2.75) is 51.2 Å². The van der Waals surface area contributed by atoms with Gasteiger partial charge in [0.05, 0.1) is 27.4 Å². The van der Waals surface area contributed by atoms with Gasteiger partial charge in [-0.25, -0.2) is 0 Å². The number of hydrogen-bond donors (Lipinski definition) is 1. The fourth-order valence-corrected chi connectivity index (χ4v) is 5.15. The van der Waals surface area contributed by atoms with Crippen LogP contribution in [0.3, 0.4) is 0 Å². The van der Waals surface area contributed by atoms with Gasteiger partial charge in [-0.3, -0.25) is 0 Å². The standard InChI is InChI=1S/C29H42N4O7/c1-8-28(29(19-31,20(2)3)22-10-12-24(36-5)26(16-22)38-7)32(4)14-13-21-9-11-25(37-6)27(15-21)39-18-23(17-30)40-33(34)35/h9-12,15-16,20,23,28H,8,13-14,17-18,30H2,1-7H3. The number of ether oxygens (including phenoxy) is 4. The van der Waals surface area contributed by atoms with Crippen molar-refractivity contribution in [1.29, 1.82) is 5.26 Å². The van der Waals surface area contributed by atoms with Crippen molar-refractivity contribution in [2.24, 2.45) is 11.7 Å². The number of nitrogens with two attached hydrogens (primary N) is 1. The fraction of sp³-hybridized carbons (Fsp3) is 0.552. The molecule has 0 radical (unpaired) electrons. The van der Waals surface area contributed by atoms with Gasteiger partial charge in [-0.2, -0.15) is 5.26 Å². The minimum Gasteiger partial charge on any atom is -0.493 e. The van der Waals surface area contributed by atoms with E-state index in [-0.39, 0.29) is 25.1 Å². The number of benzene rings is 2. The van der Waals surface area contributed by atoms with Gasteiger partial charge in [0.1, 0.15) is 12.0 Å². The fourth-order valence-electron chi connectivity index (χ4n) is 5.15. The summed E-state index contributed by atoms with van der Waals surface area (Å²) in [5, 5.41) is 20.5. The van der Waals surface area contributed by atoms with E-state index in [1.54, 1.807) is 20.3 Å². The minimum atomic E-state index is -0.897. The SMILES string of the molecule is CCC(N(C)CCc1ccc(OC)c(OCC(CN)O[N+](=O)[O-])c1)C(C#N)(c1ccc(OC)c(OC)c1)C(C)C. The number of likely N-dealkylation sites (N-methyl/N-ethyl adjacent to an activating group) is 1. The van der Waals surface area contributed by atoms with Crippen molar-refractivity contribution in [1.82, 2.24) is 4.90 Å². The Kier molecular flexibility index (Phi) is 12.3. The highest BCUT2D eigenvalue weighted by atomic mass is 17.0. The van der Waals surface area contributed by atoms with Crippen molar-refractivity contribution in [3.63, 3.8) is 0 Å². The maximum absolute atomic E-state index is 10.7. The van der Waals surface area contributed by atoms with Crippen molar-refractivity contribution in [2.75, 3.05) is 48.1 Å². The predicted octanol–water partition coefficient (Wildman–Crippen LogP) is 4.00. The van der Waals surface area contributed by atoms with Gasteiger partial charge in [0.2, 0.25) is 0 Å². The normalized spacial score (nSPS) is 14.1. The molecule has 3 atom stereocenters. The summed E-state index contributed by atoms with van der Waals surface area (Å²) in [7, 11) is 6.74. The molecule has 3 unspecified atom stereocenters. The van der Waals surface area contributed by atoms with Crippen LogP contribution in [0.2, 0.25) is 0 Å². The summed E-state index contributed by atoms with van der Waals surface area (Å²) < 4.78 is 22.2. The van der Waals surface area contributed by atoms with E-state index in [1.165, 1.54) is 7.11 Å². The molecule has 2 aromatic carbocycles. The summed E-state index contributed by atoms with van der Waals surface area (Å²) in [5.41, 5.74) is 6.63. The van der Waals surface area contributed by atoms with Crippen LogP contribution >= 0.6 is 0 Å². The molecular weight excluding hydrogens is 516 g/mol. The molecule has 0 heterocycles. The van der Waals surface area contributed by atoms with Crippen molar-refractivity contribution >= 4 is 0 Å². The summed E-state index contributed by atoms with van der Waals surface area (Å²) in [6.45, 7) is 6.74. The third-order valence-electron chi connectivity index (χ3n) is 7.31. The van der Waals surface area contributed by atoms with Gasteiger partial charge in [-0.05, 0) is 61.2 Å². The predicted molar refractivity (Wildman–Crippen MR) is 151 cm³/mol. The maximum Gasteiger partial charge on any atom is 0.294 e. The van der Waals surface area contributed by atoms with E-state index >= 15 is 0 Å². The molecule has 0 aliphatic heterocycles. The zero-order chi connectivity index (χ0) is 29.9. The van der Waals surface area contributed by atoms with Crippen LogP contribution in [0.4, 0.5) is 0 Å². The summed E-state index contributed by atoms with van der Waals surface area (Å²) in [6, 6.07) is 13.9. The lowest BCUT2D eigenvalue weighted by Gasteiger charge is -2.43. The average Bonchev–Trinajstić information content (AvgIpc) is 2.95. The molecule has 0 saturated heterocycles. The molecule has 0 aliphatic rings. The van der Waals surface area contributed by atoms with Crippen LogP contribution in [-0.4, -0.2) is 70.2 Å². The van der Waals surface area contributed by atoms with Gasteiger partial charge >= 0.3 is 0 Å². The first kappa shape index (κ1) is 32.5. The second-order valence-electron chi connectivity index (χ2n) is 9.84. The molecule has 0 bridgehead atoms. The van der Waals surface area contributed by atoms with Gasteiger partial charge in [-0.1, -0.05) is 32.9 Å². The topological polar surface area (TPSA) is 142 Å².